The first kappa shape index (κ1) is 24.1. The minimum atomic E-state index is -1.56. The van der Waals surface area contributed by atoms with E-state index in [4.69, 9.17) is 0 Å². The van der Waals surface area contributed by atoms with E-state index < -0.39 is 5.79 Å². The average molecular weight is 475 g/mol. The third kappa shape index (κ3) is 3.57. The van der Waals surface area contributed by atoms with Gasteiger partial charge < -0.3 is 20.8 Å². The number of hydrogen-bond acceptors (Lipinski definition) is 6. The highest BCUT2D eigenvalue weighted by Crippen LogP contribution is 2.68. The van der Waals surface area contributed by atoms with Gasteiger partial charge >= 0.3 is 0 Å². The molecule has 6 rings (SSSR count). The molecule has 4 N–H and O–H groups in total. The van der Waals surface area contributed by atoms with E-state index in [2.05, 4.69) is 41.2 Å². The highest BCUT2D eigenvalue weighted by molar-refractivity contribution is 5.14. The maximum Gasteiger partial charge on any atom is 0.166 e. The molecule has 0 amide bonds. The van der Waals surface area contributed by atoms with Crippen molar-refractivity contribution >= 4 is 0 Å². The molecule has 4 aliphatic carbocycles. The number of nitrogens with one attached hydrogen (secondary N) is 2. The van der Waals surface area contributed by atoms with Crippen molar-refractivity contribution in [3.8, 4) is 0 Å². The Balaban J connectivity index is 1.38. The number of fused-ring (bicyclic) bond motifs is 5. The summed E-state index contributed by atoms with van der Waals surface area (Å²) in [4.78, 5) is 5.41. The fourth-order valence-electron chi connectivity index (χ4n) is 10.6. The summed E-state index contributed by atoms with van der Waals surface area (Å²) in [5.74, 6) is 1.24. The second kappa shape index (κ2) is 8.66. The molecule has 0 aromatic rings. The zero-order valence-corrected chi connectivity index (χ0v) is 21.9. The number of hydrogen-bond donors (Lipinski definition) is 4. The van der Waals surface area contributed by atoms with Crippen LogP contribution in [-0.4, -0.2) is 83.8 Å². The summed E-state index contributed by atoms with van der Waals surface area (Å²) in [6, 6.07) is 0.240. The first-order chi connectivity index (χ1) is 16.3. The molecule has 5 unspecified atom stereocenters. The number of piperazine rings is 2. The fourth-order valence-corrected chi connectivity index (χ4v) is 10.6. The van der Waals surface area contributed by atoms with Gasteiger partial charge in [-0.15, -0.1) is 0 Å². The summed E-state index contributed by atoms with van der Waals surface area (Å²) in [5, 5.41) is 29.9. The van der Waals surface area contributed by atoms with E-state index in [1.165, 1.54) is 44.9 Å². The zero-order chi connectivity index (χ0) is 23.7. The Labute approximate surface area is 207 Å². The second-order valence-electron chi connectivity index (χ2n) is 13.6. The highest BCUT2D eigenvalue weighted by atomic mass is 16.5. The van der Waals surface area contributed by atoms with Crippen LogP contribution in [0.1, 0.15) is 72.1 Å². The van der Waals surface area contributed by atoms with Gasteiger partial charge in [-0.25, -0.2) is 0 Å². The minimum Gasteiger partial charge on any atom is -0.365 e. The van der Waals surface area contributed by atoms with E-state index in [9.17, 15) is 10.2 Å². The maximum atomic E-state index is 11.4. The van der Waals surface area contributed by atoms with Gasteiger partial charge in [0.1, 0.15) is 0 Å². The van der Waals surface area contributed by atoms with Gasteiger partial charge in [0.15, 0.2) is 5.79 Å². The molecule has 4 saturated carbocycles. The molecular weight excluding hydrogens is 424 g/mol. The number of rotatable bonds is 2. The lowest BCUT2D eigenvalue weighted by molar-refractivity contribution is -0.293. The topological polar surface area (TPSA) is 71.0 Å². The lowest BCUT2D eigenvalue weighted by Crippen LogP contribution is -2.73. The van der Waals surface area contributed by atoms with Crippen molar-refractivity contribution in [3.63, 3.8) is 0 Å². The normalized spacial score (nSPS) is 52.0. The summed E-state index contributed by atoms with van der Waals surface area (Å²) in [6.45, 7) is 14.7. The number of aliphatic hydroxyl groups is 2. The van der Waals surface area contributed by atoms with Crippen LogP contribution < -0.4 is 10.6 Å². The first-order valence-electron chi connectivity index (χ1n) is 14.6. The Kier molecular flexibility index (Phi) is 6.15. The Bertz CT molecular complexity index is 757. The van der Waals surface area contributed by atoms with Crippen molar-refractivity contribution in [2.75, 3.05) is 45.8 Å². The molecule has 0 radical (unpaired) electrons. The molecule has 6 fully saturated rings. The molecule has 6 heteroatoms. The van der Waals surface area contributed by atoms with Crippen LogP contribution in [0.5, 0.6) is 0 Å². The Morgan fingerprint density at radius 3 is 2.38 bits per heavy atom. The van der Waals surface area contributed by atoms with Crippen LogP contribution in [0.2, 0.25) is 0 Å². The summed E-state index contributed by atoms with van der Waals surface area (Å²) < 4.78 is 0. The molecular formula is C28H50N4O2. The quantitative estimate of drug-likeness (QED) is 0.461. The van der Waals surface area contributed by atoms with E-state index in [-0.39, 0.29) is 17.4 Å². The Morgan fingerprint density at radius 1 is 0.824 bits per heavy atom. The van der Waals surface area contributed by atoms with E-state index in [0.29, 0.717) is 23.9 Å². The molecule has 0 bridgehead atoms. The van der Waals surface area contributed by atoms with Crippen LogP contribution >= 0.6 is 0 Å². The van der Waals surface area contributed by atoms with E-state index in [1.54, 1.807) is 0 Å². The predicted molar refractivity (Wildman–Crippen MR) is 135 cm³/mol. The smallest absolute Gasteiger partial charge is 0.166 e. The lowest BCUT2D eigenvalue weighted by atomic mass is 9.42. The lowest BCUT2D eigenvalue weighted by Gasteiger charge is -2.67. The third-order valence-electron chi connectivity index (χ3n) is 12.4. The molecule has 2 heterocycles. The van der Waals surface area contributed by atoms with Crippen LogP contribution in [-0.2, 0) is 0 Å². The van der Waals surface area contributed by atoms with E-state index in [1.807, 2.05) is 0 Å². The molecule has 6 aliphatic rings. The fraction of sp³-hybridized carbons (Fsp3) is 1.00. The van der Waals surface area contributed by atoms with Gasteiger partial charge in [-0.1, -0.05) is 27.2 Å². The highest BCUT2D eigenvalue weighted by Gasteiger charge is 2.66. The van der Waals surface area contributed by atoms with Crippen molar-refractivity contribution in [2.24, 2.45) is 40.4 Å². The van der Waals surface area contributed by atoms with Gasteiger partial charge in [-0.2, -0.15) is 0 Å². The molecule has 6 nitrogen and oxygen atoms in total. The van der Waals surface area contributed by atoms with Crippen molar-refractivity contribution in [1.29, 1.82) is 0 Å². The van der Waals surface area contributed by atoms with Gasteiger partial charge in [-0.05, 0) is 73.0 Å². The van der Waals surface area contributed by atoms with Crippen LogP contribution in [0.4, 0.5) is 0 Å². The van der Waals surface area contributed by atoms with Gasteiger partial charge in [0.25, 0.3) is 0 Å². The summed E-state index contributed by atoms with van der Waals surface area (Å²) in [5.41, 5.74) is 0.723. The van der Waals surface area contributed by atoms with Gasteiger partial charge in [-0.3, -0.25) is 9.80 Å². The predicted octanol–water partition coefficient (Wildman–Crippen LogP) is 2.46. The van der Waals surface area contributed by atoms with Crippen LogP contribution in [0, 0.1) is 40.4 Å². The van der Waals surface area contributed by atoms with Crippen molar-refractivity contribution in [2.45, 2.75) is 90.1 Å². The molecule has 0 aromatic carbocycles. The minimum absolute atomic E-state index is 0.0489. The summed E-state index contributed by atoms with van der Waals surface area (Å²) in [6.07, 6.45) is 10.4. The Morgan fingerprint density at radius 2 is 1.59 bits per heavy atom. The molecule has 2 saturated heterocycles. The van der Waals surface area contributed by atoms with Gasteiger partial charge in [0.05, 0.1) is 6.17 Å². The van der Waals surface area contributed by atoms with E-state index >= 15 is 0 Å². The summed E-state index contributed by atoms with van der Waals surface area (Å²) >= 11 is 0. The van der Waals surface area contributed by atoms with Crippen LogP contribution in [0.25, 0.3) is 0 Å². The molecule has 2 aliphatic heterocycles. The standard InChI is InChI=1S/C28H50N4O2/c1-19-21-7-6-20-22-5-4-9-26(22,2)10-8-23(20)27(21,3)24(17-28(19,33)34)32-16-13-30-18-25(32)31-14-11-29-12-15-31/h19-25,29-30,33-34H,4-18H2,1-3H3/t19?,20?,21-,22?,23?,24?,25+,26-,27-/m0/s1. The second-order valence-corrected chi connectivity index (χ2v) is 13.6. The molecule has 9 atom stereocenters. The SMILES string of the molecule is CC1[C@@H]2CCC3C4CCC[C@@]4(C)CCC3[C@@]2(C)C(N2CCNC[C@@H]2N2CCNCC2)CC1(O)O. The zero-order valence-electron chi connectivity index (χ0n) is 21.9. The van der Waals surface area contributed by atoms with Crippen LogP contribution in [0.15, 0.2) is 0 Å². The maximum absolute atomic E-state index is 11.4. The van der Waals surface area contributed by atoms with Crippen molar-refractivity contribution in [1.82, 2.24) is 20.4 Å². The van der Waals surface area contributed by atoms with Gasteiger partial charge in [0.2, 0.25) is 0 Å². The third-order valence-corrected chi connectivity index (χ3v) is 12.4. The molecule has 0 spiro atoms. The monoisotopic (exact) mass is 474 g/mol. The average Bonchev–Trinajstić information content (AvgIpc) is 3.24. The van der Waals surface area contributed by atoms with Crippen molar-refractivity contribution < 1.29 is 10.2 Å². The number of nitrogens with zero attached hydrogens (tertiary/aromatic N) is 2. The Hall–Kier alpha value is -0.240. The van der Waals surface area contributed by atoms with Gasteiger partial charge in [0, 0.05) is 64.2 Å². The van der Waals surface area contributed by atoms with Crippen LogP contribution in [0.3, 0.4) is 0 Å². The molecule has 0 aromatic heterocycles. The summed E-state index contributed by atoms with van der Waals surface area (Å²) in [7, 11) is 0. The molecule has 34 heavy (non-hydrogen) atoms. The van der Waals surface area contributed by atoms with Crippen molar-refractivity contribution in [3.05, 3.63) is 0 Å². The largest absolute Gasteiger partial charge is 0.365 e. The van der Waals surface area contributed by atoms with E-state index in [0.717, 1.165) is 63.6 Å². The first-order valence-corrected chi connectivity index (χ1v) is 14.6. The molecule has 194 valence electrons.